The van der Waals surface area contributed by atoms with Crippen LogP contribution in [0.3, 0.4) is 0 Å². The molecule has 10 heteroatoms. The number of nitrogens with one attached hydrogen (secondary N) is 1. The van der Waals surface area contributed by atoms with Gasteiger partial charge < -0.3 is 19.1 Å². The predicted octanol–water partition coefficient (Wildman–Crippen LogP) is 6.02. The molecule has 0 aliphatic carbocycles. The quantitative estimate of drug-likeness (QED) is 0.242. The first-order valence-corrected chi connectivity index (χ1v) is 15.5. The van der Waals surface area contributed by atoms with Gasteiger partial charge in [0.25, 0.3) is 0 Å². The highest BCUT2D eigenvalue weighted by Crippen LogP contribution is 2.41. The van der Waals surface area contributed by atoms with Crippen molar-refractivity contribution < 1.29 is 18.5 Å². The van der Waals surface area contributed by atoms with E-state index >= 15 is 0 Å². The van der Waals surface area contributed by atoms with Gasteiger partial charge >= 0.3 is 0 Å². The normalized spacial score (nSPS) is 13.0. The Morgan fingerprint density at radius 2 is 1.71 bits per heavy atom. The standard InChI is InChI=1S/C32H43N5O4S/c1-7-42-41-32(5,6)18-21-40-31(3,4)17-20-37-30-26-14-10-11-15-27(26)36(28(39)16-19-33-23(2)38)22-24-12-8-9-13-25(24)29(30)34-35-37/h8-15H,7,16-22H2,1-6H3,(H,33,38). The number of nitrogens with zero attached hydrogens (tertiary/aromatic N) is 4. The number of aryl methyl sites for hydroxylation is 1. The molecule has 0 spiro atoms. The molecule has 1 aliphatic heterocycles. The molecule has 0 saturated heterocycles. The van der Waals surface area contributed by atoms with Crippen LogP contribution < -0.4 is 10.2 Å². The van der Waals surface area contributed by atoms with Crippen LogP contribution in [-0.4, -0.2) is 56.9 Å². The van der Waals surface area contributed by atoms with Gasteiger partial charge in [0.2, 0.25) is 11.8 Å². The molecular weight excluding hydrogens is 550 g/mol. The monoisotopic (exact) mass is 593 g/mol. The Morgan fingerprint density at radius 1 is 1.00 bits per heavy atom. The van der Waals surface area contributed by atoms with E-state index in [1.165, 1.54) is 19.0 Å². The van der Waals surface area contributed by atoms with Gasteiger partial charge in [0.15, 0.2) is 0 Å². The second-order valence-corrected chi connectivity index (χ2v) is 12.7. The van der Waals surface area contributed by atoms with Crippen LogP contribution in [0.2, 0.25) is 0 Å². The third-order valence-corrected chi connectivity index (χ3v) is 8.13. The largest absolute Gasteiger partial charge is 0.375 e. The lowest BCUT2D eigenvalue weighted by Gasteiger charge is -2.30. The maximum absolute atomic E-state index is 13.5. The second kappa shape index (κ2) is 13.8. The van der Waals surface area contributed by atoms with E-state index < -0.39 is 5.60 Å². The fraction of sp³-hybridized carbons (Fsp3) is 0.500. The number of hydrogen-bond acceptors (Lipinski definition) is 7. The van der Waals surface area contributed by atoms with Gasteiger partial charge in [0.05, 0.1) is 35.7 Å². The molecule has 0 saturated carbocycles. The number of rotatable bonds is 13. The molecule has 0 atom stereocenters. The van der Waals surface area contributed by atoms with Crippen molar-refractivity contribution in [2.24, 2.45) is 0 Å². The van der Waals surface area contributed by atoms with Crippen LogP contribution in [0.4, 0.5) is 5.69 Å². The van der Waals surface area contributed by atoms with E-state index in [2.05, 4.69) is 50.2 Å². The molecule has 1 aliphatic rings. The lowest BCUT2D eigenvalue weighted by molar-refractivity contribution is -0.120. The molecule has 42 heavy (non-hydrogen) atoms. The smallest absolute Gasteiger partial charge is 0.229 e. The molecule has 9 nitrogen and oxygen atoms in total. The van der Waals surface area contributed by atoms with E-state index in [0.29, 0.717) is 19.7 Å². The average Bonchev–Trinajstić information content (AvgIpc) is 3.36. The zero-order valence-electron chi connectivity index (χ0n) is 25.6. The van der Waals surface area contributed by atoms with E-state index in [1.807, 2.05) is 58.1 Å². The van der Waals surface area contributed by atoms with Crippen LogP contribution >= 0.6 is 12.0 Å². The van der Waals surface area contributed by atoms with Crippen LogP contribution in [0, 0.1) is 0 Å². The first kappa shape index (κ1) is 31.7. The SMILES string of the molecule is CCSOC(C)(C)CCOC(C)(C)CCn1nnc2c1-c1ccccc1N(C(=O)CCNC(C)=O)Cc1ccccc1-2. The van der Waals surface area contributed by atoms with E-state index in [9.17, 15) is 9.59 Å². The molecule has 0 radical (unpaired) electrons. The Kier molecular flexibility index (Phi) is 10.5. The summed E-state index contributed by atoms with van der Waals surface area (Å²) < 4.78 is 14.1. The van der Waals surface area contributed by atoms with Gasteiger partial charge in [-0.1, -0.05) is 54.6 Å². The van der Waals surface area contributed by atoms with Crippen LogP contribution in [0.5, 0.6) is 0 Å². The van der Waals surface area contributed by atoms with Crippen LogP contribution in [0.15, 0.2) is 48.5 Å². The first-order valence-electron chi connectivity index (χ1n) is 14.6. The van der Waals surface area contributed by atoms with Crippen molar-refractivity contribution in [3.63, 3.8) is 0 Å². The third-order valence-electron chi connectivity index (χ3n) is 7.32. The number of amides is 2. The summed E-state index contributed by atoms with van der Waals surface area (Å²) in [6.07, 6.45) is 1.71. The fourth-order valence-electron chi connectivity index (χ4n) is 4.96. The van der Waals surface area contributed by atoms with Gasteiger partial charge in [-0.15, -0.1) is 5.10 Å². The van der Waals surface area contributed by atoms with Gasteiger partial charge in [0, 0.05) is 49.7 Å². The van der Waals surface area contributed by atoms with Crippen molar-refractivity contribution in [1.82, 2.24) is 20.3 Å². The van der Waals surface area contributed by atoms with Crippen LogP contribution in [0.25, 0.3) is 22.5 Å². The maximum atomic E-state index is 13.5. The number of carbonyl (C=O) groups excluding carboxylic acids is 2. The molecule has 1 aromatic heterocycles. The number of fused-ring (bicyclic) bond motifs is 5. The molecule has 0 fully saturated rings. The average molecular weight is 594 g/mol. The molecule has 2 aromatic carbocycles. The van der Waals surface area contributed by atoms with Crippen LogP contribution in [0.1, 0.15) is 66.4 Å². The minimum absolute atomic E-state index is 0.0627. The molecule has 4 rings (SSSR count). The van der Waals surface area contributed by atoms with Crippen molar-refractivity contribution in [3.05, 3.63) is 54.1 Å². The Bertz CT molecular complexity index is 1390. The Labute approximate surface area is 253 Å². The van der Waals surface area contributed by atoms with Gasteiger partial charge in [0.1, 0.15) is 5.69 Å². The molecule has 2 heterocycles. The number of aromatic nitrogens is 3. The summed E-state index contributed by atoms with van der Waals surface area (Å²) in [6, 6.07) is 15.9. The third kappa shape index (κ3) is 7.99. The van der Waals surface area contributed by atoms with Crippen molar-refractivity contribution >= 4 is 29.5 Å². The number of benzene rings is 2. The van der Waals surface area contributed by atoms with Gasteiger partial charge in [-0.2, -0.15) is 0 Å². The van der Waals surface area contributed by atoms with Gasteiger partial charge in [-0.3, -0.25) is 9.59 Å². The number of carbonyl (C=O) groups is 2. The topological polar surface area (TPSA) is 98.6 Å². The van der Waals surface area contributed by atoms with E-state index in [-0.39, 0.29) is 30.4 Å². The molecule has 3 aromatic rings. The zero-order chi connectivity index (χ0) is 30.3. The molecule has 2 amide bonds. The summed E-state index contributed by atoms with van der Waals surface area (Å²) in [7, 11) is 0. The second-order valence-electron chi connectivity index (χ2n) is 11.8. The summed E-state index contributed by atoms with van der Waals surface area (Å²) >= 11 is 1.48. The number of hydrogen-bond donors (Lipinski definition) is 1. The van der Waals surface area contributed by atoms with Crippen molar-refractivity contribution in [1.29, 1.82) is 0 Å². The number of ether oxygens (including phenoxy) is 1. The van der Waals surface area contributed by atoms with E-state index in [0.717, 1.165) is 52.4 Å². The highest BCUT2D eigenvalue weighted by molar-refractivity contribution is 7.94. The van der Waals surface area contributed by atoms with Crippen LogP contribution in [-0.2, 0) is 31.6 Å². The fourth-order valence-corrected chi connectivity index (χ4v) is 5.48. The summed E-state index contributed by atoms with van der Waals surface area (Å²) in [5.74, 6) is 0.696. The molecular formula is C32H43N5O4S. The summed E-state index contributed by atoms with van der Waals surface area (Å²) in [5.41, 5.74) is 4.66. The lowest BCUT2D eigenvalue weighted by Crippen LogP contribution is -2.34. The van der Waals surface area contributed by atoms with Crippen molar-refractivity contribution in [3.8, 4) is 22.5 Å². The van der Waals surface area contributed by atoms with Crippen molar-refractivity contribution in [2.45, 2.75) is 85.1 Å². The highest BCUT2D eigenvalue weighted by Gasteiger charge is 2.30. The maximum Gasteiger partial charge on any atom is 0.229 e. The summed E-state index contributed by atoms with van der Waals surface area (Å²) in [5, 5.41) is 12.0. The lowest BCUT2D eigenvalue weighted by atomic mass is 9.95. The van der Waals surface area contributed by atoms with Gasteiger partial charge in [-0.25, -0.2) is 4.68 Å². The zero-order valence-corrected chi connectivity index (χ0v) is 26.4. The van der Waals surface area contributed by atoms with E-state index in [4.69, 9.17) is 8.92 Å². The molecule has 0 unspecified atom stereocenters. The number of anilines is 1. The predicted molar refractivity (Wildman–Crippen MR) is 168 cm³/mol. The van der Waals surface area contributed by atoms with E-state index in [1.54, 1.807) is 0 Å². The number of para-hydroxylation sites is 1. The Balaban J connectivity index is 1.61. The minimum atomic E-state index is -0.391. The summed E-state index contributed by atoms with van der Waals surface area (Å²) in [6.45, 7) is 13.8. The summed E-state index contributed by atoms with van der Waals surface area (Å²) in [4.78, 5) is 26.8. The van der Waals surface area contributed by atoms with Crippen molar-refractivity contribution in [2.75, 3.05) is 23.8 Å². The highest BCUT2D eigenvalue weighted by atomic mass is 32.2. The Hall–Kier alpha value is -3.21. The molecule has 0 bridgehead atoms. The Morgan fingerprint density at radius 3 is 2.45 bits per heavy atom. The molecule has 1 N–H and O–H groups in total. The first-order chi connectivity index (χ1) is 20.0. The molecule has 226 valence electrons. The van der Waals surface area contributed by atoms with Gasteiger partial charge in [-0.05, 0) is 57.8 Å². The minimum Gasteiger partial charge on any atom is -0.375 e.